The molecule has 2 unspecified atom stereocenters. The summed E-state index contributed by atoms with van der Waals surface area (Å²) in [6.07, 6.45) is 13.9. The summed E-state index contributed by atoms with van der Waals surface area (Å²) in [6.45, 7) is 7.83. The maximum absolute atomic E-state index is 12.4. The monoisotopic (exact) mass is 556 g/mol. The summed E-state index contributed by atoms with van der Waals surface area (Å²) in [6, 6.07) is 0. The van der Waals surface area contributed by atoms with Crippen molar-refractivity contribution in [2.45, 2.75) is 124 Å². The number of carbonyl (C=O) groups is 2. The van der Waals surface area contributed by atoms with E-state index in [2.05, 4.69) is 39.1 Å². The molecule has 0 saturated carbocycles. The molecule has 0 bridgehead atoms. The van der Waals surface area contributed by atoms with E-state index in [-0.39, 0.29) is 11.9 Å². The Morgan fingerprint density at radius 2 is 0.966 bits per heavy atom. The van der Waals surface area contributed by atoms with Crippen molar-refractivity contribution in [2.75, 3.05) is 0 Å². The van der Waals surface area contributed by atoms with E-state index in [9.17, 15) is 9.59 Å². The minimum absolute atomic E-state index is 0.347. The summed E-state index contributed by atoms with van der Waals surface area (Å²) < 4.78 is 13.5. The number of carbonyl (C=O) groups excluding carboxylic acids is 2. The summed E-state index contributed by atoms with van der Waals surface area (Å²) in [5, 5.41) is -1.01. The van der Waals surface area contributed by atoms with Crippen molar-refractivity contribution >= 4 is 56.4 Å². The molecule has 0 spiro atoms. The van der Waals surface area contributed by atoms with E-state index in [1.165, 1.54) is 51.4 Å². The van der Waals surface area contributed by atoms with Gasteiger partial charge in [0.15, 0.2) is 0 Å². The van der Waals surface area contributed by atoms with Crippen LogP contribution in [0.1, 0.15) is 105 Å². The predicted molar refractivity (Wildman–Crippen MR) is 131 cm³/mol. The molecule has 0 fully saturated rings. The van der Waals surface area contributed by atoms with Crippen LogP contribution in [0.15, 0.2) is 0 Å². The second-order valence-electron chi connectivity index (χ2n) is 8.14. The van der Waals surface area contributed by atoms with Crippen molar-refractivity contribution in [2.24, 2.45) is 0 Å². The summed E-state index contributed by atoms with van der Waals surface area (Å²) >= 11 is 4.58. The molecule has 2 atom stereocenters. The van der Waals surface area contributed by atoms with Gasteiger partial charge in [0.05, 0.1) is 0 Å². The summed E-state index contributed by atoms with van der Waals surface area (Å²) in [5.41, 5.74) is 0. The van der Waals surface area contributed by atoms with Gasteiger partial charge < -0.3 is 0 Å². The van der Waals surface area contributed by atoms with Crippen LogP contribution in [0.25, 0.3) is 0 Å². The fourth-order valence-corrected chi connectivity index (χ4v) is 13.5. The van der Waals surface area contributed by atoms with Crippen molar-refractivity contribution < 1.29 is 15.7 Å². The van der Waals surface area contributed by atoms with E-state index >= 15 is 0 Å². The van der Waals surface area contributed by atoms with Crippen LogP contribution in [0.4, 0.5) is 0 Å². The van der Waals surface area contributed by atoms with Crippen LogP contribution < -0.4 is 0 Å². The molecule has 0 aromatic heterocycles. The van der Waals surface area contributed by atoms with Crippen LogP contribution in [-0.4, -0.2) is 41.6 Å². The van der Waals surface area contributed by atoms with Gasteiger partial charge in [0.2, 0.25) is 0 Å². The molecule has 29 heavy (non-hydrogen) atoms. The number of hydrogen-bond donors (Lipinski definition) is 2. The Hall–Kier alpha value is 0.439. The molecule has 0 aliphatic carbocycles. The summed E-state index contributed by atoms with van der Waals surface area (Å²) in [4.78, 5) is 24.8. The Morgan fingerprint density at radius 3 is 1.28 bits per heavy atom. The van der Waals surface area contributed by atoms with Crippen LogP contribution in [0.3, 0.4) is 0 Å². The molecule has 0 rings (SSSR count). The van der Waals surface area contributed by atoms with Gasteiger partial charge in [0.1, 0.15) is 0 Å². The molecule has 0 amide bonds. The van der Waals surface area contributed by atoms with Crippen molar-refractivity contribution in [1.29, 1.82) is 0 Å². The van der Waals surface area contributed by atoms with Gasteiger partial charge >= 0.3 is 196 Å². The van der Waals surface area contributed by atoms with Crippen molar-refractivity contribution in [1.82, 2.24) is 0 Å². The summed E-state index contributed by atoms with van der Waals surface area (Å²) in [5.74, 6) is -0.693. The number of rotatable bonds is 18. The number of thiol groups is 2. The van der Waals surface area contributed by atoms with Gasteiger partial charge in [0.25, 0.3) is 0 Å². The Balaban J connectivity index is 5.06. The third kappa shape index (κ3) is 15.0. The first-order chi connectivity index (χ1) is 13.8. The van der Waals surface area contributed by atoms with E-state index < -0.39 is 29.7 Å². The topological polar surface area (TPSA) is 52.6 Å². The second kappa shape index (κ2) is 18.1. The quantitative estimate of drug-likeness (QED) is 0.110. The number of unbranched alkanes of at least 4 members (excludes halogenated alkanes) is 10. The van der Waals surface area contributed by atoms with Crippen molar-refractivity contribution in [3.63, 3.8) is 0 Å². The van der Waals surface area contributed by atoms with Gasteiger partial charge in [0, 0.05) is 0 Å². The SMILES string of the molecule is CCCCCCC[CH2][Sn]([CH2]CCCCCCC)([O]C(=O)C(C)S)[O]C(=O)C(C)S. The zero-order valence-electron chi connectivity index (χ0n) is 19.1. The zero-order valence-corrected chi connectivity index (χ0v) is 23.7. The molecule has 7 heteroatoms. The van der Waals surface area contributed by atoms with Gasteiger partial charge in [-0.1, -0.05) is 0 Å². The Bertz CT molecular complexity index is 405. The first-order valence-corrected chi connectivity index (χ1v) is 19.0. The molecule has 0 N–H and O–H groups in total. The van der Waals surface area contributed by atoms with Gasteiger partial charge in [-0.2, -0.15) is 0 Å². The van der Waals surface area contributed by atoms with Crippen LogP contribution in [-0.2, 0) is 15.7 Å². The molecule has 172 valence electrons. The molecule has 0 radical (unpaired) electrons. The average molecular weight is 555 g/mol. The van der Waals surface area contributed by atoms with E-state index in [1.54, 1.807) is 13.8 Å². The third-order valence-electron chi connectivity index (χ3n) is 5.08. The van der Waals surface area contributed by atoms with Crippen LogP contribution >= 0.6 is 25.3 Å². The van der Waals surface area contributed by atoms with Crippen molar-refractivity contribution in [3.8, 4) is 0 Å². The molecule has 0 aromatic rings. The molecule has 0 aromatic carbocycles. The molecule has 0 aliphatic heterocycles. The summed E-state index contributed by atoms with van der Waals surface area (Å²) in [7, 11) is 0. The average Bonchev–Trinajstić information content (AvgIpc) is 2.67. The predicted octanol–water partition coefficient (Wildman–Crippen LogP) is 6.87. The van der Waals surface area contributed by atoms with E-state index in [4.69, 9.17) is 6.15 Å². The Kier molecular flexibility index (Phi) is 18.3. The molecule has 0 heterocycles. The van der Waals surface area contributed by atoms with Crippen LogP contribution in [0.2, 0.25) is 8.87 Å². The second-order valence-corrected chi connectivity index (χ2v) is 18.9. The third-order valence-corrected chi connectivity index (χ3v) is 15.1. The molecular formula is C22H44O4S2Sn. The van der Waals surface area contributed by atoms with Gasteiger partial charge in [-0.15, -0.1) is 0 Å². The zero-order chi connectivity index (χ0) is 22.1. The minimum atomic E-state index is -3.89. The van der Waals surface area contributed by atoms with Crippen LogP contribution in [0.5, 0.6) is 0 Å². The normalized spacial score (nSPS) is 13.7. The molecule has 0 aliphatic rings. The van der Waals surface area contributed by atoms with Crippen molar-refractivity contribution in [3.05, 3.63) is 0 Å². The molecule has 4 nitrogen and oxygen atoms in total. The van der Waals surface area contributed by atoms with Gasteiger partial charge in [-0.05, 0) is 0 Å². The standard InChI is InChI=1S/2C8H17.2C3H6O2S.Sn/c2*1-3-5-7-8-6-4-2;2*1-2(6)3(4)5;/h2*1,3-8H2,2H3;2*2,6H,1H3,(H,4,5);/q;;;;+2/p-2. The van der Waals surface area contributed by atoms with E-state index in [0.29, 0.717) is 0 Å². The number of hydrogen-bond acceptors (Lipinski definition) is 6. The fourth-order valence-electron chi connectivity index (χ4n) is 3.24. The van der Waals surface area contributed by atoms with Gasteiger partial charge in [-0.3, -0.25) is 0 Å². The van der Waals surface area contributed by atoms with Gasteiger partial charge in [-0.25, -0.2) is 0 Å². The fraction of sp³-hybridized carbons (Fsp3) is 0.909. The Morgan fingerprint density at radius 1 is 0.655 bits per heavy atom. The van der Waals surface area contributed by atoms with E-state index in [1.807, 2.05) is 0 Å². The van der Waals surface area contributed by atoms with E-state index in [0.717, 1.165) is 34.6 Å². The first-order valence-electron chi connectivity index (χ1n) is 11.6. The Labute approximate surface area is 195 Å². The molecular weight excluding hydrogens is 511 g/mol. The molecule has 0 saturated heterocycles. The first kappa shape index (κ1) is 29.4. The maximum atomic E-state index is 12.4. The van der Waals surface area contributed by atoms with Crippen LogP contribution in [0, 0.1) is 0 Å².